The van der Waals surface area contributed by atoms with Crippen molar-refractivity contribution in [3.8, 4) is 0 Å². The summed E-state index contributed by atoms with van der Waals surface area (Å²) in [4.78, 5) is 75.0. The minimum absolute atomic E-state index is 0.00899. The first kappa shape index (κ1) is 31.4. The zero-order valence-electron chi connectivity index (χ0n) is 18.9. The molecule has 4 unspecified atom stereocenters. The number of guanidine groups is 1. The standard InChI is InChI=1S/C18H33N9O7S/c19-8(6-13(21)29)14(30)25-10(3-4-12(20)28)16(32)26-9(2-1-5-24-18(22)23)15(31)27-11(7-35)17(33)34/h8-11,35H,1-7,19H2,(H2,20,28)(H2,21,29)(H,25,30)(H,26,32)(H,27,31)(H,33,34)(H4,22,23,24). The molecule has 0 rings (SSSR count). The number of thiol groups is 1. The monoisotopic (exact) mass is 519 g/mol. The summed E-state index contributed by atoms with van der Waals surface area (Å²) in [5.74, 6) is -5.97. The molecule has 16 nitrogen and oxygen atoms in total. The van der Waals surface area contributed by atoms with Crippen LogP contribution in [-0.4, -0.2) is 83.0 Å². The van der Waals surface area contributed by atoms with Crippen molar-refractivity contribution < 1.29 is 33.9 Å². The highest BCUT2D eigenvalue weighted by molar-refractivity contribution is 7.80. The van der Waals surface area contributed by atoms with Gasteiger partial charge in [0.15, 0.2) is 5.96 Å². The van der Waals surface area contributed by atoms with Crippen LogP contribution in [-0.2, 0) is 28.8 Å². The molecule has 0 aliphatic rings. The lowest BCUT2D eigenvalue weighted by molar-refractivity contribution is -0.141. The molecule has 198 valence electrons. The lowest BCUT2D eigenvalue weighted by Crippen LogP contribution is -2.57. The van der Waals surface area contributed by atoms with Gasteiger partial charge in [-0.1, -0.05) is 0 Å². The van der Waals surface area contributed by atoms with Gasteiger partial charge in [-0.25, -0.2) is 4.79 Å². The van der Waals surface area contributed by atoms with Gasteiger partial charge in [0.1, 0.15) is 18.1 Å². The van der Waals surface area contributed by atoms with Crippen molar-refractivity contribution in [1.82, 2.24) is 16.0 Å². The lowest BCUT2D eigenvalue weighted by Gasteiger charge is -2.24. The molecule has 0 aromatic carbocycles. The summed E-state index contributed by atoms with van der Waals surface area (Å²) in [6.45, 7) is 0.112. The normalized spacial score (nSPS) is 13.9. The molecule has 35 heavy (non-hydrogen) atoms. The van der Waals surface area contributed by atoms with Crippen molar-refractivity contribution in [2.75, 3.05) is 12.3 Å². The summed E-state index contributed by atoms with van der Waals surface area (Å²) in [6, 6.07) is -5.31. The molecule has 0 fully saturated rings. The second-order valence-electron chi connectivity index (χ2n) is 7.44. The highest BCUT2D eigenvalue weighted by Gasteiger charge is 2.30. The van der Waals surface area contributed by atoms with E-state index in [4.69, 9.17) is 33.8 Å². The van der Waals surface area contributed by atoms with Crippen molar-refractivity contribution in [3.05, 3.63) is 0 Å². The molecule has 0 saturated heterocycles. The van der Waals surface area contributed by atoms with Crippen LogP contribution < -0.4 is 44.6 Å². The summed E-state index contributed by atoms with van der Waals surface area (Å²) >= 11 is 3.87. The van der Waals surface area contributed by atoms with E-state index in [1.807, 2.05) is 0 Å². The number of nitrogens with two attached hydrogens (primary N) is 5. The van der Waals surface area contributed by atoms with E-state index in [1.54, 1.807) is 0 Å². The van der Waals surface area contributed by atoms with Crippen LogP contribution in [0.1, 0.15) is 32.1 Å². The third kappa shape index (κ3) is 13.6. The number of amides is 5. The quantitative estimate of drug-likeness (QED) is 0.0377. The molecule has 0 aromatic heterocycles. The van der Waals surface area contributed by atoms with Crippen LogP contribution in [0.25, 0.3) is 0 Å². The van der Waals surface area contributed by atoms with E-state index >= 15 is 0 Å². The average molecular weight is 520 g/mol. The summed E-state index contributed by atoms with van der Waals surface area (Å²) < 4.78 is 0. The van der Waals surface area contributed by atoms with E-state index < -0.39 is 66.1 Å². The Kier molecular flexibility index (Phi) is 14.4. The third-order valence-corrected chi connectivity index (χ3v) is 4.81. The van der Waals surface area contributed by atoms with Gasteiger partial charge >= 0.3 is 5.97 Å². The van der Waals surface area contributed by atoms with Gasteiger partial charge in [-0.15, -0.1) is 0 Å². The number of aliphatic imine (C=N–C) groups is 1. The van der Waals surface area contributed by atoms with Gasteiger partial charge in [0, 0.05) is 18.7 Å². The first-order valence-electron chi connectivity index (χ1n) is 10.4. The van der Waals surface area contributed by atoms with E-state index in [0.29, 0.717) is 0 Å². The first-order chi connectivity index (χ1) is 16.3. The van der Waals surface area contributed by atoms with Crippen LogP contribution in [0.5, 0.6) is 0 Å². The Hall–Kier alpha value is -3.60. The van der Waals surface area contributed by atoms with E-state index in [2.05, 4.69) is 33.6 Å². The maximum atomic E-state index is 12.9. The molecule has 0 radical (unpaired) electrons. The smallest absolute Gasteiger partial charge is 0.327 e. The summed E-state index contributed by atoms with van der Waals surface area (Å²) in [5.41, 5.74) is 26.2. The van der Waals surface area contributed by atoms with E-state index in [-0.39, 0.29) is 43.9 Å². The maximum Gasteiger partial charge on any atom is 0.327 e. The van der Waals surface area contributed by atoms with Gasteiger partial charge in [-0.05, 0) is 19.3 Å². The largest absolute Gasteiger partial charge is 0.480 e. The average Bonchev–Trinajstić information content (AvgIpc) is 2.75. The Morgan fingerprint density at radius 1 is 0.800 bits per heavy atom. The fourth-order valence-corrected chi connectivity index (χ4v) is 2.89. The topological polar surface area (TPSA) is 301 Å². The molecule has 4 atom stereocenters. The molecule has 0 aliphatic carbocycles. The minimum Gasteiger partial charge on any atom is -0.480 e. The van der Waals surface area contributed by atoms with Crippen LogP contribution in [0.2, 0.25) is 0 Å². The van der Waals surface area contributed by atoms with Crippen molar-refractivity contribution in [1.29, 1.82) is 0 Å². The number of carbonyl (C=O) groups excluding carboxylic acids is 5. The Morgan fingerprint density at radius 3 is 1.77 bits per heavy atom. The summed E-state index contributed by atoms with van der Waals surface area (Å²) in [5, 5.41) is 16.1. The number of aliphatic carboxylic acids is 1. The van der Waals surface area contributed by atoms with Crippen LogP contribution in [0, 0.1) is 0 Å². The number of hydrogen-bond acceptors (Lipinski definition) is 9. The molecule has 0 heterocycles. The number of nitrogens with zero attached hydrogens (tertiary/aromatic N) is 1. The Labute approximate surface area is 206 Å². The minimum atomic E-state index is -1.36. The van der Waals surface area contributed by atoms with Gasteiger partial charge in [-0.2, -0.15) is 12.6 Å². The lowest BCUT2D eigenvalue weighted by atomic mass is 10.1. The fourth-order valence-electron chi connectivity index (χ4n) is 2.65. The highest BCUT2D eigenvalue weighted by atomic mass is 32.1. The van der Waals surface area contributed by atoms with Crippen molar-refractivity contribution in [2.24, 2.45) is 33.7 Å². The molecule has 17 heteroatoms. The van der Waals surface area contributed by atoms with Crippen LogP contribution in [0.4, 0.5) is 0 Å². The number of nitrogens with one attached hydrogen (secondary N) is 3. The zero-order valence-corrected chi connectivity index (χ0v) is 19.8. The molecule has 0 saturated carbocycles. The number of hydrogen-bond donors (Lipinski definition) is 10. The number of carbonyl (C=O) groups is 6. The molecule has 0 aliphatic heterocycles. The molecule has 0 aromatic rings. The Balaban J connectivity index is 5.60. The molecule has 0 bridgehead atoms. The summed E-state index contributed by atoms with van der Waals surface area (Å²) in [6.07, 6.45) is -0.827. The molecule has 0 spiro atoms. The van der Waals surface area contributed by atoms with Crippen LogP contribution in [0.3, 0.4) is 0 Å². The molecular weight excluding hydrogens is 486 g/mol. The van der Waals surface area contributed by atoms with E-state index in [0.717, 1.165) is 0 Å². The SMILES string of the molecule is NC(=O)CCC(NC(=O)C(N)CC(N)=O)C(=O)NC(CCCN=C(N)N)C(=O)NC(CS)C(=O)O. The van der Waals surface area contributed by atoms with Crippen molar-refractivity contribution in [2.45, 2.75) is 56.3 Å². The van der Waals surface area contributed by atoms with Crippen molar-refractivity contribution >= 4 is 54.1 Å². The van der Waals surface area contributed by atoms with E-state index in [1.165, 1.54) is 0 Å². The predicted octanol–water partition coefficient (Wildman–Crippen LogP) is -5.02. The van der Waals surface area contributed by atoms with Gasteiger partial charge in [0.2, 0.25) is 29.5 Å². The maximum absolute atomic E-state index is 12.9. The van der Waals surface area contributed by atoms with Crippen LogP contribution >= 0.6 is 12.6 Å². The fraction of sp³-hybridized carbons (Fsp3) is 0.611. The van der Waals surface area contributed by atoms with Gasteiger partial charge in [0.25, 0.3) is 0 Å². The number of rotatable bonds is 17. The van der Waals surface area contributed by atoms with Crippen molar-refractivity contribution in [3.63, 3.8) is 0 Å². The van der Waals surface area contributed by atoms with Crippen LogP contribution in [0.15, 0.2) is 4.99 Å². The van der Waals surface area contributed by atoms with Gasteiger partial charge < -0.3 is 49.7 Å². The second-order valence-corrected chi connectivity index (χ2v) is 7.80. The molecular formula is C18H33N9O7S. The summed E-state index contributed by atoms with van der Waals surface area (Å²) in [7, 11) is 0. The Bertz CT molecular complexity index is 820. The number of primary amides is 2. The molecule has 5 amide bonds. The number of carboxylic acids is 1. The second kappa shape index (κ2) is 16.1. The predicted molar refractivity (Wildman–Crippen MR) is 127 cm³/mol. The third-order valence-electron chi connectivity index (χ3n) is 4.45. The molecule has 14 N–H and O–H groups in total. The zero-order chi connectivity index (χ0) is 27.1. The highest BCUT2D eigenvalue weighted by Crippen LogP contribution is 2.05. The first-order valence-corrected chi connectivity index (χ1v) is 11.0. The van der Waals surface area contributed by atoms with Gasteiger partial charge in [-0.3, -0.25) is 29.0 Å². The van der Waals surface area contributed by atoms with E-state index in [9.17, 15) is 28.8 Å². The van der Waals surface area contributed by atoms with Gasteiger partial charge in [0.05, 0.1) is 12.5 Å². The number of carboxylic acid groups (broad SMARTS) is 1. The Morgan fingerprint density at radius 2 is 1.31 bits per heavy atom.